The lowest BCUT2D eigenvalue weighted by molar-refractivity contribution is 0.346. The molecule has 0 saturated carbocycles. The minimum atomic E-state index is 0.353. The number of ether oxygens (including phenoxy) is 1. The van der Waals surface area contributed by atoms with Crippen LogP contribution in [-0.2, 0) is 11.2 Å². The maximum Gasteiger partial charge on any atom is 0.289 e. The van der Waals surface area contributed by atoms with Crippen molar-refractivity contribution in [2.45, 2.75) is 20.3 Å². The van der Waals surface area contributed by atoms with Gasteiger partial charge in [0.1, 0.15) is 12.4 Å². The lowest BCUT2D eigenvalue weighted by Gasteiger charge is -2.13. The molecule has 0 fully saturated rings. The third kappa shape index (κ3) is 1.96. The summed E-state index contributed by atoms with van der Waals surface area (Å²) in [4.78, 5) is 4.16. The molecule has 1 heterocycles. The number of rotatable bonds is 2. The Kier molecular flexibility index (Phi) is 2.99. The van der Waals surface area contributed by atoms with Crippen molar-refractivity contribution in [1.82, 2.24) is 0 Å². The van der Waals surface area contributed by atoms with Gasteiger partial charge >= 0.3 is 0 Å². The van der Waals surface area contributed by atoms with Crippen LogP contribution in [-0.4, -0.2) is 24.3 Å². The number of anilines is 1. The number of amidine groups is 1. The van der Waals surface area contributed by atoms with E-state index in [0.717, 1.165) is 23.2 Å². The monoisotopic (exact) mass is 220 g/mol. The fourth-order valence-corrected chi connectivity index (χ4v) is 1.75. The Labute approximate surface area is 95.0 Å². The summed E-state index contributed by atoms with van der Waals surface area (Å²) in [5.74, 6) is 0.353. The van der Waals surface area contributed by atoms with Crippen LogP contribution in [0.25, 0.3) is 0 Å². The Balaban J connectivity index is 2.29. The zero-order chi connectivity index (χ0) is 11.5. The first-order chi connectivity index (χ1) is 7.72. The molecule has 0 saturated heterocycles. The van der Waals surface area contributed by atoms with Crippen molar-refractivity contribution >= 4 is 11.7 Å². The van der Waals surface area contributed by atoms with Crippen LogP contribution in [0.3, 0.4) is 0 Å². The van der Waals surface area contributed by atoms with Gasteiger partial charge in [0.05, 0.1) is 6.54 Å². The Hall–Kier alpha value is -1.71. The average Bonchev–Trinajstić information content (AvgIpc) is 2.77. The standard InChI is InChI=1S/C12H16N2O2/c1-3-9-10(5-4-8(2)11(9)15)14-12-13-6-7-16-12/h4-5,15H,3,6-7H2,1-2H3,(H,13,14). The number of nitrogens with one attached hydrogen (secondary N) is 1. The molecule has 1 aromatic carbocycles. The van der Waals surface area contributed by atoms with Crippen LogP contribution in [0.1, 0.15) is 18.1 Å². The van der Waals surface area contributed by atoms with Crippen molar-refractivity contribution in [2.75, 3.05) is 18.5 Å². The molecule has 0 aliphatic carbocycles. The SMILES string of the molecule is CCc1c(NC2=NCCO2)ccc(C)c1O. The first-order valence-electron chi connectivity index (χ1n) is 5.48. The molecular weight excluding hydrogens is 204 g/mol. The second-order valence-corrected chi connectivity index (χ2v) is 3.77. The smallest absolute Gasteiger partial charge is 0.289 e. The highest BCUT2D eigenvalue weighted by Crippen LogP contribution is 2.29. The van der Waals surface area contributed by atoms with Crippen LogP contribution in [0.2, 0.25) is 0 Å². The van der Waals surface area contributed by atoms with Crippen LogP contribution in [0, 0.1) is 6.92 Å². The van der Waals surface area contributed by atoms with Crippen LogP contribution in [0.15, 0.2) is 17.1 Å². The van der Waals surface area contributed by atoms with E-state index in [1.807, 2.05) is 26.0 Å². The van der Waals surface area contributed by atoms with E-state index in [4.69, 9.17) is 4.74 Å². The van der Waals surface area contributed by atoms with Crippen LogP contribution < -0.4 is 5.32 Å². The predicted molar refractivity (Wildman–Crippen MR) is 64.1 cm³/mol. The summed E-state index contributed by atoms with van der Waals surface area (Å²) in [6.45, 7) is 5.22. The third-order valence-electron chi connectivity index (χ3n) is 2.67. The summed E-state index contributed by atoms with van der Waals surface area (Å²) in [5.41, 5.74) is 2.65. The van der Waals surface area contributed by atoms with E-state index >= 15 is 0 Å². The summed E-state index contributed by atoms with van der Waals surface area (Å²) >= 11 is 0. The van der Waals surface area contributed by atoms with E-state index in [1.165, 1.54) is 0 Å². The van der Waals surface area contributed by atoms with Crippen molar-refractivity contribution in [3.8, 4) is 5.75 Å². The summed E-state index contributed by atoms with van der Waals surface area (Å²) in [5, 5.41) is 13.0. The Bertz CT molecular complexity index is 427. The molecular formula is C12H16N2O2. The molecule has 4 nitrogen and oxygen atoms in total. The fourth-order valence-electron chi connectivity index (χ4n) is 1.75. The van der Waals surface area contributed by atoms with Gasteiger partial charge < -0.3 is 15.2 Å². The second kappa shape index (κ2) is 4.43. The first kappa shape index (κ1) is 10.8. The van der Waals surface area contributed by atoms with E-state index < -0.39 is 0 Å². The number of nitrogens with zero attached hydrogens (tertiary/aromatic N) is 1. The first-order valence-corrected chi connectivity index (χ1v) is 5.48. The van der Waals surface area contributed by atoms with Gasteiger partial charge in [-0.25, -0.2) is 4.99 Å². The molecule has 2 N–H and O–H groups in total. The van der Waals surface area contributed by atoms with Crippen molar-refractivity contribution < 1.29 is 9.84 Å². The summed E-state index contributed by atoms with van der Waals surface area (Å²) in [6, 6.07) is 4.36. The van der Waals surface area contributed by atoms with E-state index in [0.29, 0.717) is 24.9 Å². The normalized spacial score (nSPS) is 14.5. The topological polar surface area (TPSA) is 53.9 Å². The summed E-state index contributed by atoms with van der Waals surface area (Å²) in [7, 11) is 0. The van der Waals surface area contributed by atoms with Crippen LogP contribution >= 0.6 is 0 Å². The van der Waals surface area contributed by atoms with Gasteiger partial charge in [-0.2, -0.15) is 0 Å². The van der Waals surface area contributed by atoms with Gasteiger partial charge in [-0.1, -0.05) is 13.0 Å². The molecule has 0 amide bonds. The third-order valence-corrected chi connectivity index (χ3v) is 2.67. The number of hydrogen-bond donors (Lipinski definition) is 2. The molecule has 0 radical (unpaired) electrons. The fraction of sp³-hybridized carbons (Fsp3) is 0.417. The Morgan fingerprint density at radius 1 is 1.50 bits per heavy atom. The van der Waals surface area contributed by atoms with Gasteiger partial charge in [0.2, 0.25) is 0 Å². The van der Waals surface area contributed by atoms with Crippen molar-refractivity contribution in [2.24, 2.45) is 4.99 Å². The molecule has 0 bridgehead atoms. The highest BCUT2D eigenvalue weighted by atomic mass is 16.5. The molecule has 2 rings (SSSR count). The molecule has 0 aromatic heterocycles. The Morgan fingerprint density at radius 2 is 2.31 bits per heavy atom. The van der Waals surface area contributed by atoms with Crippen LogP contribution in [0.4, 0.5) is 5.69 Å². The molecule has 0 unspecified atom stereocenters. The molecule has 1 aromatic rings. The predicted octanol–water partition coefficient (Wildman–Crippen LogP) is 2.06. The van der Waals surface area contributed by atoms with Crippen molar-refractivity contribution in [1.29, 1.82) is 0 Å². The van der Waals surface area contributed by atoms with E-state index in [1.54, 1.807) is 0 Å². The average molecular weight is 220 g/mol. The van der Waals surface area contributed by atoms with Crippen molar-refractivity contribution in [3.63, 3.8) is 0 Å². The minimum Gasteiger partial charge on any atom is -0.507 e. The summed E-state index contributed by atoms with van der Waals surface area (Å²) in [6.07, 6.45) is 0.767. The zero-order valence-corrected chi connectivity index (χ0v) is 9.58. The molecule has 86 valence electrons. The maximum atomic E-state index is 9.93. The maximum absolute atomic E-state index is 9.93. The van der Waals surface area contributed by atoms with Gasteiger partial charge in [-0.05, 0) is 25.0 Å². The van der Waals surface area contributed by atoms with Gasteiger partial charge in [-0.15, -0.1) is 0 Å². The number of hydrogen-bond acceptors (Lipinski definition) is 4. The van der Waals surface area contributed by atoms with Crippen LogP contribution in [0.5, 0.6) is 5.75 Å². The number of aromatic hydroxyl groups is 1. The minimum absolute atomic E-state index is 0.353. The molecule has 4 heteroatoms. The number of phenolic OH excluding ortho intramolecular Hbond substituents is 1. The zero-order valence-electron chi connectivity index (χ0n) is 9.58. The van der Waals surface area contributed by atoms with E-state index in [2.05, 4.69) is 10.3 Å². The lowest BCUT2D eigenvalue weighted by atomic mass is 10.1. The van der Waals surface area contributed by atoms with Gasteiger partial charge in [0.25, 0.3) is 6.02 Å². The molecule has 1 aliphatic rings. The van der Waals surface area contributed by atoms with Crippen molar-refractivity contribution in [3.05, 3.63) is 23.3 Å². The van der Waals surface area contributed by atoms with E-state index in [-0.39, 0.29) is 0 Å². The highest BCUT2D eigenvalue weighted by molar-refractivity contribution is 5.91. The quantitative estimate of drug-likeness (QED) is 0.802. The lowest BCUT2D eigenvalue weighted by Crippen LogP contribution is -2.13. The molecule has 0 spiro atoms. The van der Waals surface area contributed by atoms with Gasteiger partial charge in [0.15, 0.2) is 0 Å². The second-order valence-electron chi connectivity index (χ2n) is 3.77. The summed E-state index contributed by atoms with van der Waals surface area (Å²) < 4.78 is 5.28. The van der Waals surface area contributed by atoms with E-state index in [9.17, 15) is 5.11 Å². The highest BCUT2D eigenvalue weighted by Gasteiger charge is 2.12. The number of aliphatic imine (C=N–C) groups is 1. The largest absolute Gasteiger partial charge is 0.507 e. The Morgan fingerprint density at radius 3 is 2.94 bits per heavy atom. The number of aryl methyl sites for hydroxylation is 1. The molecule has 0 atom stereocenters. The molecule has 1 aliphatic heterocycles. The van der Waals surface area contributed by atoms with Gasteiger partial charge in [-0.3, -0.25) is 0 Å². The molecule has 16 heavy (non-hydrogen) atoms. The van der Waals surface area contributed by atoms with Gasteiger partial charge in [0, 0.05) is 11.3 Å². The number of benzene rings is 1. The number of phenols is 1.